The molecule has 0 spiro atoms. The quantitative estimate of drug-likeness (QED) is 0.478. The topological polar surface area (TPSA) is 43.4 Å². The Morgan fingerprint density at radius 1 is 1.42 bits per heavy atom. The molecule has 1 unspecified atom stereocenters. The van der Waals surface area contributed by atoms with Crippen molar-refractivity contribution in [3.63, 3.8) is 0 Å². The van der Waals surface area contributed by atoms with Crippen molar-refractivity contribution in [1.29, 1.82) is 0 Å². The molecule has 0 rings (SSSR count). The molecule has 3 nitrogen and oxygen atoms in total. The number of rotatable bonds is 4. The fourth-order valence-corrected chi connectivity index (χ4v) is 0.782. The van der Waals surface area contributed by atoms with Crippen molar-refractivity contribution in [1.82, 2.24) is 0 Å². The van der Waals surface area contributed by atoms with Crippen LogP contribution in [0.3, 0.4) is 0 Å². The van der Waals surface area contributed by atoms with E-state index in [-0.39, 0.29) is 13.0 Å². The number of ketones is 1. The normalized spacial score (nSPS) is 15.0. The molecular weight excluding hydrogens is 163 g/mol. The smallest absolute Gasteiger partial charge is 0.351 e. The van der Waals surface area contributed by atoms with E-state index in [4.69, 9.17) is 0 Å². The van der Waals surface area contributed by atoms with Crippen molar-refractivity contribution >= 4 is 11.8 Å². The largest absolute Gasteiger partial charge is 0.463 e. The van der Waals surface area contributed by atoms with Crippen LogP contribution in [0.2, 0.25) is 0 Å². The third-order valence-electron chi connectivity index (χ3n) is 1.64. The summed E-state index contributed by atoms with van der Waals surface area (Å²) in [7, 11) is 0. The lowest BCUT2D eigenvalue weighted by Gasteiger charge is -2.17. The van der Waals surface area contributed by atoms with Crippen molar-refractivity contribution in [2.45, 2.75) is 32.9 Å². The lowest BCUT2D eigenvalue weighted by molar-refractivity contribution is -0.161. The highest BCUT2D eigenvalue weighted by Crippen LogP contribution is 2.19. The molecule has 0 aromatic heterocycles. The van der Waals surface area contributed by atoms with E-state index in [2.05, 4.69) is 4.74 Å². The summed E-state index contributed by atoms with van der Waals surface area (Å²) in [5, 5.41) is 0. The molecule has 0 fully saturated rings. The SMILES string of the molecule is CCOC(=O)C(F)(CC)C(C)=O. The van der Waals surface area contributed by atoms with Crippen molar-refractivity contribution in [3.05, 3.63) is 0 Å². The van der Waals surface area contributed by atoms with Crippen LogP contribution in [0.25, 0.3) is 0 Å². The van der Waals surface area contributed by atoms with Crippen LogP contribution >= 0.6 is 0 Å². The minimum Gasteiger partial charge on any atom is -0.463 e. The Morgan fingerprint density at radius 2 is 1.92 bits per heavy atom. The molecular formula is C8H13FO3. The molecule has 0 N–H and O–H groups in total. The van der Waals surface area contributed by atoms with Gasteiger partial charge >= 0.3 is 5.97 Å². The second-order valence-electron chi connectivity index (χ2n) is 2.43. The Morgan fingerprint density at radius 3 is 2.17 bits per heavy atom. The summed E-state index contributed by atoms with van der Waals surface area (Å²) >= 11 is 0. The summed E-state index contributed by atoms with van der Waals surface area (Å²) in [4.78, 5) is 21.7. The Hall–Kier alpha value is -0.930. The number of ether oxygens (including phenoxy) is 1. The number of alkyl halides is 1. The van der Waals surface area contributed by atoms with Gasteiger partial charge in [0.25, 0.3) is 5.67 Å². The molecule has 0 amide bonds. The molecule has 1 atom stereocenters. The van der Waals surface area contributed by atoms with E-state index < -0.39 is 17.4 Å². The molecule has 12 heavy (non-hydrogen) atoms. The van der Waals surface area contributed by atoms with Crippen molar-refractivity contribution < 1.29 is 18.7 Å². The Balaban J connectivity index is 4.52. The molecule has 0 aliphatic rings. The average Bonchev–Trinajstić information content (AvgIpc) is 2.03. The van der Waals surface area contributed by atoms with Crippen molar-refractivity contribution in [3.8, 4) is 0 Å². The number of esters is 1. The van der Waals surface area contributed by atoms with Gasteiger partial charge in [-0.2, -0.15) is 0 Å². The zero-order chi connectivity index (χ0) is 9.78. The molecule has 4 heteroatoms. The van der Waals surface area contributed by atoms with E-state index in [1.54, 1.807) is 6.92 Å². The summed E-state index contributed by atoms with van der Waals surface area (Å²) in [6.45, 7) is 4.12. The van der Waals surface area contributed by atoms with Crippen molar-refractivity contribution in [2.75, 3.05) is 6.61 Å². The zero-order valence-electron chi connectivity index (χ0n) is 7.52. The van der Waals surface area contributed by atoms with Crippen molar-refractivity contribution in [2.24, 2.45) is 0 Å². The summed E-state index contributed by atoms with van der Waals surface area (Å²) in [5.41, 5.74) is -2.45. The van der Waals surface area contributed by atoms with E-state index >= 15 is 0 Å². The number of carbonyl (C=O) groups is 2. The molecule has 0 aromatic rings. The summed E-state index contributed by atoms with van der Waals surface area (Å²) in [6.07, 6.45) is -0.179. The van der Waals surface area contributed by atoms with Gasteiger partial charge in [0, 0.05) is 0 Å². The first kappa shape index (κ1) is 11.1. The van der Waals surface area contributed by atoms with Gasteiger partial charge < -0.3 is 4.74 Å². The van der Waals surface area contributed by atoms with Crippen LogP contribution in [0.15, 0.2) is 0 Å². The first-order valence-corrected chi connectivity index (χ1v) is 3.86. The molecule has 0 saturated heterocycles. The number of carbonyl (C=O) groups excluding carboxylic acids is 2. The average molecular weight is 176 g/mol. The number of hydrogen-bond acceptors (Lipinski definition) is 3. The number of halogens is 1. The molecule has 0 saturated carbocycles. The van der Waals surface area contributed by atoms with Gasteiger partial charge in [0.2, 0.25) is 0 Å². The maximum absolute atomic E-state index is 13.4. The third kappa shape index (κ3) is 2.03. The standard InChI is InChI=1S/C8H13FO3/c1-4-8(9,6(3)10)7(11)12-5-2/h4-5H2,1-3H3. The van der Waals surface area contributed by atoms with Gasteiger partial charge in [0.15, 0.2) is 5.78 Å². The van der Waals surface area contributed by atoms with Crippen LogP contribution in [0.4, 0.5) is 4.39 Å². The lowest BCUT2D eigenvalue weighted by atomic mass is 9.99. The molecule has 70 valence electrons. The fourth-order valence-electron chi connectivity index (χ4n) is 0.782. The van der Waals surface area contributed by atoms with E-state index in [1.807, 2.05) is 0 Å². The van der Waals surface area contributed by atoms with Gasteiger partial charge in [0.1, 0.15) is 0 Å². The van der Waals surface area contributed by atoms with E-state index in [1.165, 1.54) is 6.92 Å². The summed E-state index contributed by atoms with van der Waals surface area (Å²) in [6, 6.07) is 0. The first-order valence-electron chi connectivity index (χ1n) is 3.86. The van der Waals surface area contributed by atoms with Crippen LogP contribution in [-0.2, 0) is 14.3 Å². The van der Waals surface area contributed by atoms with Gasteiger partial charge in [-0.25, -0.2) is 9.18 Å². The first-order chi connectivity index (χ1) is 5.49. The predicted octanol–water partition coefficient (Wildman–Crippen LogP) is 1.26. The van der Waals surface area contributed by atoms with Crippen LogP contribution < -0.4 is 0 Å². The monoisotopic (exact) mass is 176 g/mol. The number of hydrogen-bond donors (Lipinski definition) is 0. The number of Topliss-reactive ketones (excluding diaryl/α,β-unsaturated/α-hetero) is 1. The molecule has 0 radical (unpaired) electrons. The van der Waals surface area contributed by atoms with Gasteiger partial charge in [-0.1, -0.05) is 6.92 Å². The molecule has 0 heterocycles. The maximum atomic E-state index is 13.4. The Bertz CT molecular complexity index is 191. The van der Waals surface area contributed by atoms with Crippen LogP contribution in [0.5, 0.6) is 0 Å². The molecule has 0 aromatic carbocycles. The molecule has 0 aliphatic heterocycles. The molecule has 0 bridgehead atoms. The van der Waals surface area contributed by atoms with Crippen LogP contribution in [0.1, 0.15) is 27.2 Å². The lowest BCUT2D eigenvalue weighted by Crippen LogP contribution is -2.41. The summed E-state index contributed by atoms with van der Waals surface area (Å²) < 4.78 is 17.8. The Kier molecular flexibility index (Phi) is 3.86. The van der Waals surface area contributed by atoms with Gasteiger partial charge in [-0.05, 0) is 20.3 Å². The predicted molar refractivity (Wildman–Crippen MR) is 41.4 cm³/mol. The highest BCUT2D eigenvalue weighted by Gasteiger charge is 2.43. The fraction of sp³-hybridized carbons (Fsp3) is 0.750. The Labute approximate surface area is 70.9 Å². The van der Waals surface area contributed by atoms with Gasteiger partial charge in [-0.3, -0.25) is 4.79 Å². The van der Waals surface area contributed by atoms with Crippen LogP contribution in [-0.4, -0.2) is 24.0 Å². The maximum Gasteiger partial charge on any atom is 0.351 e. The minimum absolute atomic E-state index is 0.0811. The summed E-state index contributed by atoms with van der Waals surface area (Å²) in [5.74, 6) is -1.89. The second kappa shape index (κ2) is 4.18. The minimum atomic E-state index is -2.45. The molecule has 0 aliphatic carbocycles. The zero-order valence-corrected chi connectivity index (χ0v) is 7.52. The highest BCUT2D eigenvalue weighted by molar-refractivity contribution is 6.05. The van der Waals surface area contributed by atoms with Gasteiger partial charge in [-0.15, -0.1) is 0 Å². The van der Waals surface area contributed by atoms with E-state index in [0.29, 0.717) is 0 Å². The highest BCUT2D eigenvalue weighted by atomic mass is 19.1. The van der Waals surface area contributed by atoms with Gasteiger partial charge in [0.05, 0.1) is 6.61 Å². The van der Waals surface area contributed by atoms with E-state index in [0.717, 1.165) is 6.92 Å². The third-order valence-corrected chi connectivity index (χ3v) is 1.64. The second-order valence-corrected chi connectivity index (χ2v) is 2.43. The van der Waals surface area contributed by atoms with Crippen LogP contribution in [0, 0.1) is 0 Å². The van der Waals surface area contributed by atoms with E-state index in [9.17, 15) is 14.0 Å².